The lowest BCUT2D eigenvalue weighted by molar-refractivity contribution is -0.142. The zero-order chi connectivity index (χ0) is 16.3. The lowest BCUT2D eigenvalue weighted by atomic mass is 10.2. The normalized spacial score (nSPS) is 11.5. The van der Waals surface area contributed by atoms with Gasteiger partial charge in [-0.25, -0.2) is 9.78 Å². The van der Waals surface area contributed by atoms with Crippen LogP contribution in [-0.4, -0.2) is 32.4 Å². The van der Waals surface area contributed by atoms with Crippen LogP contribution in [0, 0.1) is 0 Å². The van der Waals surface area contributed by atoms with E-state index in [-0.39, 0.29) is 6.54 Å². The summed E-state index contributed by atoms with van der Waals surface area (Å²) in [5.74, 6) is -1.34. The molecule has 2 heterocycles. The summed E-state index contributed by atoms with van der Waals surface area (Å²) in [7, 11) is 0. The van der Waals surface area contributed by atoms with Crippen molar-refractivity contribution in [3.63, 3.8) is 0 Å². The third kappa shape index (κ3) is 3.54. The number of pyridine rings is 1. The maximum atomic E-state index is 12.8. The van der Waals surface area contributed by atoms with Crippen molar-refractivity contribution in [1.82, 2.24) is 14.8 Å². The Hall–Kier alpha value is -2.58. The van der Waals surface area contributed by atoms with E-state index in [1.165, 1.54) is 6.20 Å². The van der Waals surface area contributed by atoms with E-state index < -0.39 is 23.4 Å². The molecule has 0 saturated heterocycles. The van der Waals surface area contributed by atoms with Gasteiger partial charge in [0.05, 0.1) is 13.2 Å². The molecule has 0 aliphatic heterocycles. The van der Waals surface area contributed by atoms with E-state index in [1.807, 2.05) is 0 Å². The van der Waals surface area contributed by atoms with Gasteiger partial charge in [0.2, 0.25) is 5.88 Å². The van der Waals surface area contributed by atoms with Gasteiger partial charge < -0.3 is 9.84 Å². The minimum atomic E-state index is -4.83. The molecule has 0 fully saturated rings. The average molecular weight is 315 g/mol. The van der Waals surface area contributed by atoms with Crippen LogP contribution in [0.15, 0.2) is 24.5 Å². The van der Waals surface area contributed by atoms with Crippen molar-refractivity contribution < 1.29 is 27.8 Å². The average Bonchev–Trinajstić information content (AvgIpc) is 2.84. The van der Waals surface area contributed by atoms with Crippen molar-refractivity contribution in [1.29, 1.82) is 0 Å². The Morgan fingerprint density at radius 3 is 2.73 bits per heavy atom. The number of aromatic carboxylic acids is 1. The van der Waals surface area contributed by atoms with Crippen LogP contribution in [0.25, 0.3) is 0 Å². The number of hydrogen-bond donors (Lipinski definition) is 1. The molecule has 0 spiro atoms. The first-order valence-corrected chi connectivity index (χ1v) is 6.27. The first kappa shape index (κ1) is 15.8. The van der Waals surface area contributed by atoms with Crippen LogP contribution in [0.5, 0.6) is 5.88 Å². The zero-order valence-electron chi connectivity index (χ0n) is 11.5. The van der Waals surface area contributed by atoms with Gasteiger partial charge in [-0.05, 0) is 18.6 Å². The fraction of sp³-hybridized carbons (Fsp3) is 0.308. The van der Waals surface area contributed by atoms with Gasteiger partial charge in [-0.15, -0.1) is 0 Å². The fourth-order valence-electron chi connectivity index (χ4n) is 1.83. The summed E-state index contributed by atoms with van der Waals surface area (Å²) in [6, 6.07) is 3.14. The maximum absolute atomic E-state index is 12.8. The molecule has 1 N–H and O–H groups in total. The molecule has 6 nitrogen and oxygen atoms in total. The number of aromatic nitrogens is 3. The molecule has 2 aromatic heterocycles. The van der Waals surface area contributed by atoms with E-state index >= 15 is 0 Å². The molecule has 2 aromatic rings. The van der Waals surface area contributed by atoms with Crippen molar-refractivity contribution >= 4 is 5.97 Å². The summed E-state index contributed by atoms with van der Waals surface area (Å²) in [6.45, 7) is 2.15. The highest BCUT2D eigenvalue weighted by Gasteiger charge is 2.39. The van der Waals surface area contributed by atoms with Gasteiger partial charge in [-0.2, -0.15) is 18.3 Å². The fourth-order valence-corrected chi connectivity index (χ4v) is 1.83. The largest absolute Gasteiger partial charge is 0.478 e. The number of halogens is 3. The highest BCUT2D eigenvalue weighted by molar-refractivity contribution is 5.88. The van der Waals surface area contributed by atoms with E-state index in [4.69, 9.17) is 9.84 Å². The third-order valence-corrected chi connectivity index (χ3v) is 2.70. The van der Waals surface area contributed by atoms with Crippen LogP contribution in [0.4, 0.5) is 13.2 Å². The quantitative estimate of drug-likeness (QED) is 0.917. The molecular formula is C13H12F3N3O3. The van der Waals surface area contributed by atoms with Gasteiger partial charge in [0.25, 0.3) is 0 Å². The van der Waals surface area contributed by atoms with E-state index in [0.29, 0.717) is 18.1 Å². The molecular weight excluding hydrogens is 303 g/mol. The van der Waals surface area contributed by atoms with E-state index in [1.54, 1.807) is 19.1 Å². The Kier molecular flexibility index (Phi) is 4.34. The Morgan fingerprint density at radius 2 is 2.18 bits per heavy atom. The van der Waals surface area contributed by atoms with E-state index in [2.05, 4.69) is 10.1 Å². The molecule has 0 bridgehead atoms. The van der Waals surface area contributed by atoms with Crippen LogP contribution in [0.1, 0.15) is 28.5 Å². The Bertz CT molecular complexity index is 683. The number of carboxylic acid groups (broad SMARTS) is 1. The summed E-state index contributed by atoms with van der Waals surface area (Å²) in [4.78, 5) is 14.8. The van der Waals surface area contributed by atoms with Crippen LogP contribution in [0.2, 0.25) is 0 Å². The second-order valence-corrected chi connectivity index (χ2v) is 4.33. The van der Waals surface area contributed by atoms with Gasteiger partial charge in [0.15, 0.2) is 5.69 Å². The standard InChI is InChI=1S/C13H12F3N3O3/c1-2-22-10-5-8(3-4-17-10)6-19-7-9(12(20)21)11(18-19)13(14,15)16/h3-5,7H,2,6H2,1H3,(H,20,21). The van der Waals surface area contributed by atoms with Gasteiger partial charge >= 0.3 is 12.1 Å². The van der Waals surface area contributed by atoms with Gasteiger partial charge in [-0.1, -0.05) is 0 Å². The SMILES string of the molecule is CCOc1cc(Cn2cc(C(=O)O)c(C(F)(F)F)n2)ccn1. The molecule has 9 heteroatoms. The van der Waals surface area contributed by atoms with Gasteiger partial charge in [0, 0.05) is 18.5 Å². The predicted octanol–water partition coefficient (Wildman–Crippen LogP) is 2.44. The molecule has 0 saturated carbocycles. The number of carboxylic acids is 1. The number of alkyl halides is 3. The summed E-state index contributed by atoms with van der Waals surface area (Å²) in [5, 5.41) is 12.2. The molecule has 0 aliphatic rings. The second kappa shape index (κ2) is 6.04. The maximum Gasteiger partial charge on any atom is 0.436 e. The number of rotatable bonds is 5. The molecule has 2 rings (SSSR count). The number of ether oxygens (including phenoxy) is 1. The smallest absolute Gasteiger partial charge is 0.436 e. The van der Waals surface area contributed by atoms with E-state index in [9.17, 15) is 18.0 Å². The summed E-state index contributed by atoms with van der Waals surface area (Å²) >= 11 is 0. The monoisotopic (exact) mass is 315 g/mol. The molecule has 0 aromatic carbocycles. The van der Waals surface area contributed by atoms with Crippen molar-refractivity contribution in [2.45, 2.75) is 19.6 Å². The third-order valence-electron chi connectivity index (χ3n) is 2.70. The van der Waals surface area contributed by atoms with Gasteiger partial charge in [0.1, 0.15) is 5.56 Å². The van der Waals surface area contributed by atoms with Crippen LogP contribution in [0.3, 0.4) is 0 Å². The molecule has 0 unspecified atom stereocenters. The minimum Gasteiger partial charge on any atom is -0.478 e. The minimum absolute atomic E-state index is 0.0288. The van der Waals surface area contributed by atoms with Crippen molar-refractivity contribution in [2.75, 3.05) is 6.61 Å². The highest BCUT2D eigenvalue weighted by atomic mass is 19.4. The molecule has 22 heavy (non-hydrogen) atoms. The summed E-state index contributed by atoms with van der Waals surface area (Å²) in [5.41, 5.74) is -1.71. The van der Waals surface area contributed by atoms with Crippen molar-refractivity contribution in [3.05, 3.63) is 41.3 Å². The van der Waals surface area contributed by atoms with Crippen molar-refractivity contribution in [3.8, 4) is 5.88 Å². The Morgan fingerprint density at radius 1 is 1.45 bits per heavy atom. The van der Waals surface area contributed by atoms with Crippen molar-refractivity contribution in [2.24, 2.45) is 0 Å². The van der Waals surface area contributed by atoms with E-state index in [0.717, 1.165) is 10.9 Å². The first-order chi connectivity index (χ1) is 10.3. The van der Waals surface area contributed by atoms with Crippen LogP contribution < -0.4 is 4.74 Å². The zero-order valence-corrected chi connectivity index (χ0v) is 11.5. The topological polar surface area (TPSA) is 77.2 Å². The van der Waals surface area contributed by atoms with Crippen LogP contribution in [-0.2, 0) is 12.7 Å². The Labute approximate surface area is 123 Å². The molecule has 0 radical (unpaired) electrons. The molecule has 118 valence electrons. The molecule has 0 aliphatic carbocycles. The number of hydrogen-bond acceptors (Lipinski definition) is 4. The summed E-state index contributed by atoms with van der Waals surface area (Å²) in [6.07, 6.45) is -2.52. The highest BCUT2D eigenvalue weighted by Crippen LogP contribution is 2.30. The Balaban J connectivity index is 2.30. The molecule has 0 amide bonds. The predicted molar refractivity (Wildman–Crippen MR) is 68.7 cm³/mol. The first-order valence-electron chi connectivity index (χ1n) is 6.27. The lowest BCUT2D eigenvalue weighted by Gasteiger charge is -2.05. The van der Waals surface area contributed by atoms with Gasteiger partial charge in [-0.3, -0.25) is 4.68 Å². The number of carbonyl (C=O) groups is 1. The van der Waals surface area contributed by atoms with Crippen LogP contribution >= 0.6 is 0 Å². The molecule has 0 atom stereocenters. The number of nitrogens with zero attached hydrogens (tertiary/aromatic N) is 3. The second-order valence-electron chi connectivity index (χ2n) is 4.33. The lowest BCUT2D eigenvalue weighted by Crippen LogP contribution is -2.12. The summed E-state index contributed by atoms with van der Waals surface area (Å²) < 4.78 is 44.4.